The molecular weight excluding hydrogens is 438 g/mol. The smallest absolute Gasteiger partial charge is 0.254 e. The van der Waals surface area contributed by atoms with Crippen molar-refractivity contribution in [1.29, 1.82) is 0 Å². The van der Waals surface area contributed by atoms with Gasteiger partial charge in [0.2, 0.25) is 0 Å². The van der Waals surface area contributed by atoms with Crippen molar-refractivity contribution >= 4 is 33.5 Å². The number of nitrogens with one attached hydrogen (secondary N) is 3. The van der Waals surface area contributed by atoms with Gasteiger partial charge in [0.05, 0.1) is 5.52 Å². The van der Waals surface area contributed by atoms with Crippen LogP contribution in [-0.4, -0.2) is 27.9 Å². The Hall–Kier alpha value is -3.57. The fourth-order valence-electron chi connectivity index (χ4n) is 3.96. The maximum absolute atomic E-state index is 10.8. The molecular formula is C23H22N7O2S-. The Bertz CT molecular complexity index is 1450. The van der Waals surface area contributed by atoms with Crippen LogP contribution in [0.4, 0.5) is 5.82 Å². The number of anilines is 1. The maximum atomic E-state index is 10.8. The highest BCUT2D eigenvalue weighted by molar-refractivity contribution is 7.76. The molecule has 3 aromatic heterocycles. The van der Waals surface area contributed by atoms with Gasteiger partial charge in [-0.15, -0.1) is 5.10 Å². The van der Waals surface area contributed by atoms with E-state index < -0.39 is 11.3 Å². The lowest BCUT2D eigenvalue weighted by Gasteiger charge is -2.13. The Morgan fingerprint density at radius 2 is 1.82 bits per heavy atom. The lowest BCUT2D eigenvalue weighted by atomic mass is 10.1. The zero-order valence-corrected chi connectivity index (χ0v) is 18.7. The number of rotatable bonds is 8. The molecule has 3 heterocycles. The van der Waals surface area contributed by atoms with Crippen LogP contribution in [-0.2, 0) is 24.4 Å². The molecule has 0 amide bonds. The first-order valence-electron chi connectivity index (χ1n) is 10.4. The molecule has 33 heavy (non-hydrogen) atoms. The van der Waals surface area contributed by atoms with Gasteiger partial charge in [0, 0.05) is 41.6 Å². The van der Waals surface area contributed by atoms with Crippen LogP contribution in [0.15, 0.2) is 72.9 Å². The summed E-state index contributed by atoms with van der Waals surface area (Å²) < 4.78 is 25.3. The van der Waals surface area contributed by atoms with Crippen LogP contribution >= 0.6 is 0 Å². The van der Waals surface area contributed by atoms with Gasteiger partial charge in [-0.25, -0.2) is 9.94 Å². The zero-order valence-electron chi connectivity index (χ0n) is 17.9. The van der Waals surface area contributed by atoms with Gasteiger partial charge in [0.25, 0.3) is 5.95 Å². The second kappa shape index (κ2) is 9.12. The number of benzene rings is 2. The summed E-state index contributed by atoms with van der Waals surface area (Å²) in [7, 11) is 0. The second-order valence-corrected chi connectivity index (χ2v) is 8.27. The molecule has 0 fully saturated rings. The molecule has 0 aliphatic carbocycles. The highest BCUT2D eigenvalue weighted by Gasteiger charge is 2.15. The lowest BCUT2D eigenvalue weighted by molar-refractivity contribution is 0.504. The number of nitrogens with zero attached hydrogens (tertiary/aromatic N) is 4. The number of aromatic nitrogens is 4. The van der Waals surface area contributed by atoms with Crippen molar-refractivity contribution in [2.75, 3.05) is 5.32 Å². The average Bonchev–Trinajstić information content (AvgIpc) is 3.42. The fourth-order valence-corrected chi connectivity index (χ4v) is 4.15. The van der Waals surface area contributed by atoms with Crippen LogP contribution in [0.2, 0.25) is 0 Å². The topological polar surface area (TPSA) is 111 Å². The van der Waals surface area contributed by atoms with E-state index in [4.69, 9.17) is 10.1 Å². The van der Waals surface area contributed by atoms with E-state index in [0.717, 1.165) is 39.1 Å². The van der Waals surface area contributed by atoms with Crippen molar-refractivity contribution < 1.29 is 8.76 Å². The van der Waals surface area contributed by atoms with E-state index in [1.165, 1.54) is 0 Å². The van der Waals surface area contributed by atoms with Gasteiger partial charge in [0.1, 0.15) is 5.52 Å². The molecule has 3 N–H and O–H groups in total. The first-order chi connectivity index (χ1) is 16.1. The van der Waals surface area contributed by atoms with Crippen LogP contribution in [0.1, 0.15) is 16.8 Å². The minimum Gasteiger partial charge on any atom is -0.759 e. The fraction of sp³-hybridized carbons (Fsp3) is 0.130. The normalized spacial score (nSPS) is 12.4. The van der Waals surface area contributed by atoms with Crippen molar-refractivity contribution in [3.05, 3.63) is 89.7 Å². The Morgan fingerprint density at radius 3 is 2.64 bits per heavy atom. The van der Waals surface area contributed by atoms with Crippen LogP contribution in [0, 0.1) is 6.92 Å². The highest BCUT2D eigenvalue weighted by Crippen LogP contribution is 2.27. The van der Waals surface area contributed by atoms with Gasteiger partial charge in [-0.1, -0.05) is 42.5 Å². The summed E-state index contributed by atoms with van der Waals surface area (Å²) in [6.07, 6.45) is 1.90. The molecule has 0 saturated heterocycles. The molecule has 168 valence electrons. The van der Waals surface area contributed by atoms with E-state index in [1.807, 2.05) is 70.7 Å². The van der Waals surface area contributed by atoms with E-state index in [2.05, 4.69) is 33.8 Å². The summed E-state index contributed by atoms with van der Waals surface area (Å²) in [5.74, 6) is 1.29. The molecule has 5 rings (SSSR count). The SMILES string of the molecule is Cc1cc2c(CNNS(=O)[O-])cccc2n1-c1nc(NCc2ccccc2)c2cccn2n1. The van der Waals surface area contributed by atoms with Crippen LogP contribution in [0.25, 0.3) is 22.4 Å². The van der Waals surface area contributed by atoms with E-state index in [-0.39, 0.29) is 0 Å². The molecule has 0 saturated carbocycles. The predicted molar refractivity (Wildman–Crippen MR) is 127 cm³/mol. The van der Waals surface area contributed by atoms with Crippen LogP contribution < -0.4 is 15.6 Å². The van der Waals surface area contributed by atoms with Gasteiger partial charge >= 0.3 is 0 Å². The van der Waals surface area contributed by atoms with E-state index >= 15 is 0 Å². The number of aryl methyl sites for hydroxylation is 1. The van der Waals surface area contributed by atoms with Gasteiger partial charge in [-0.05, 0) is 42.3 Å². The highest BCUT2D eigenvalue weighted by atomic mass is 32.2. The van der Waals surface area contributed by atoms with E-state index in [0.29, 0.717) is 19.0 Å². The molecule has 5 aromatic rings. The minimum atomic E-state index is -2.38. The number of hydrogen-bond donors (Lipinski definition) is 3. The summed E-state index contributed by atoms with van der Waals surface area (Å²) in [4.78, 5) is 7.05. The largest absolute Gasteiger partial charge is 0.759 e. The summed E-state index contributed by atoms with van der Waals surface area (Å²) in [6.45, 7) is 2.99. The maximum Gasteiger partial charge on any atom is 0.254 e. The Balaban J connectivity index is 1.54. The molecule has 10 heteroatoms. The molecule has 0 aliphatic heterocycles. The molecule has 1 unspecified atom stereocenters. The molecule has 0 radical (unpaired) electrons. The van der Waals surface area contributed by atoms with Crippen molar-refractivity contribution in [2.24, 2.45) is 0 Å². The molecule has 0 spiro atoms. The van der Waals surface area contributed by atoms with Gasteiger partial charge in [-0.3, -0.25) is 8.78 Å². The van der Waals surface area contributed by atoms with Gasteiger partial charge in [-0.2, -0.15) is 9.82 Å². The lowest BCUT2D eigenvalue weighted by Crippen LogP contribution is -2.32. The first kappa shape index (κ1) is 21.3. The minimum absolute atomic E-state index is 0.343. The molecule has 9 nitrogen and oxygen atoms in total. The second-order valence-electron chi connectivity index (χ2n) is 7.60. The molecule has 2 aromatic carbocycles. The standard InChI is InChI=1S/C23H23N7O2S/c1-16-13-19-18(15-25-28-33(31)32)9-5-10-20(19)30(16)23-26-22(21-11-6-12-29(21)27-23)24-14-17-7-3-2-4-8-17/h2-13,25,28H,14-15H2,1H3,(H,31,32)(H,24,26,27)/p-1. The van der Waals surface area contributed by atoms with Crippen LogP contribution in [0.3, 0.4) is 0 Å². The molecule has 0 bridgehead atoms. The van der Waals surface area contributed by atoms with Crippen molar-refractivity contribution in [3.8, 4) is 5.95 Å². The Kier molecular flexibility index (Phi) is 5.88. The summed E-state index contributed by atoms with van der Waals surface area (Å²) in [5, 5.41) is 9.18. The predicted octanol–water partition coefficient (Wildman–Crippen LogP) is 2.98. The van der Waals surface area contributed by atoms with Gasteiger partial charge < -0.3 is 9.87 Å². The average molecular weight is 461 g/mol. The van der Waals surface area contributed by atoms with Crippen LogP contribution in [0.5, 0.6) is 0 Å². The van der Waals surface area contributed by atoms with E-state index in [9.17, 15) is 8.76 Å². The Morgan fingerprint density at radius 1 is 1.00 bits per heavy atom. The zero-order chi connectivity index (χ0) is 22.8. The van der Waals surface area contributed by atoms with Crippen molar-refractivity contribution in [3.63, 3.8) is 0 Å². The number of fused-ring (bicyclic) bond motifs is 2. The monoisotopic (exact) mass is 460 g/mol. The molecule has 0 aliphatic rings. The Labute approximate surface area is 192 Å². The summed E-state index contributed by atoms with van der Waals surface area (Å²) >= 11 is -2.38. The quantitative estimate of drug-likeness (QED) is 0.243. The van der Waals surface area contributed by atoms with Crippen molar-refractivity contribution in [1.82, 2.24) is 29.4 Å². The van der Waals surface area contributed by atoms with Crippen molar-refractivity contribution in [2.45, 2.75) is 20.0 Å². The van der Waals surface area contributed by atoms with E-state index in [1.54, 1.807) is 0 Å². The third-order valence-electron chi connectivity index (χ3n) is 5.44. The first-order valence-corrected chi connectivity index (χ1v) is 11.5. The third-order valence-corrected chi connectivity index (χ3v) is 5.75. The molecule has 1 atom stereocenters. The third kappa shape index (κ3) is 4.37. The van der Waals surface area contributed by atoms with Gasteiger partial charge in [0.15, 0.2) is 5.82 Å². The number of hydrogen-bond acceptors (Lipinski definition) is 6. The summed E-state index contributed by atoms with van der Waals surface area (Å²) in [5.41, 5.74) is 7.63. The summed E-state index contributed by atoms with van der Waals surface area (Å²) in [6, 6.07) is 22.0. The number of hydrazine groups is 1.